The summed E-state index contributed by atoms with van der Waals surface area (Å²) in [6, 6.07) is 0.703. The minimum Gasteiger partial charge on any atom is -0.332 e. The highest BCUT2D eigenvalue weighted by molar-refractivity contribution is 5.01. The van der Waals surface area contributed by atoms with Gasteiger partial charge in [-0.25, -0.2) is 4.98 Å². The molecule has 0 aliphatic heterocycles. The maximum Gasteiger partial charge on any atom is 0.0950 e. The van der Waals surface area contributed by atoms with Gasteiger partial charge in [0.05, 0.1) is 6.33 Å². The van der Waals surface area contributed by atoms with Crippen molar-refractivity contribution >= 4 is 0 Å². The highest BCUT2D eigenvalue weighted by Gasteiger charge is 2.16. The topological polar surface area (TPSA) is 43.8 Å². The van der Waals surface area contributed by atoms with Gasteiger partial charge < -0.3 is 10.3 Å². The number of hydrogen-bond donors (Lipinski definition) is 1. The lowest BCUT2D eigenvalue weighted by molar-refractivity contribution is 0.346. The molecule has 0 saturated heterocycles. The summed E-state index contributed by atoms with van der Waals surface area (Å²) < 4.78 is 2.38. The standard InChI is InChI=1S/C12H21N3/c13-8-4-7-12-9-14-10-15(12)11-5-2-1-3-6-11/h9-11H,1-8,13H2. The number of aryl methyl sites for hydroxylation is 1. The van der Waals surface area contributed by atoms with Crippen LogP contribution < -0.4 is 5.73 Å². The molecule has 3 nitrogen and oxygen atoms in total. The molecule has 2 N–H and O–H groups in total. The second-order valence-corrected chi connectivity index (χ2v) is 4.48. The van der Waals surface area contributed by atoms with Crippen LogP contribution in [0.3, 0.4) is 0 Å². The maximum atomic E-state index is 5.54. The van der Waals surface area contributed by atoms with E-state index in [1.54, 1.807) is 0 Å². The molecule has 0 bridgehead atoms. The van der Waals surface area contributed by atoms with Gasteiger partial charge in [-0.1, -0.05) is 19.3 Å². The molecule has 1 aromatic rings. The highest BCUT2D eigenvalue weighted by Crippen LogP contribution is 2.29. The molecule has 0 amide bonds. The summed E-state index contributed by atoms with van der Waals surface area (Å²) in [6.45, 7) is 0.774. The lowest BCUT2D eigenvalue weighted by Crippen LogP contribution is -2.15. The average molecular weight is 207 g/mol. The Morgan fingerprint density at radius 3 is 2.87 bits per heavy atom. The van der Waals surface area contributed by atoms with Gasteiger partial charge >= 0.3 is 0 Å². The molecule has 1 fully saturated rings. The van der Waals surface area contributed by atoms with Crippen LogP contribution in [0.1, 0.15) is 50.3 Å². The second kappa shape index (κ2) is 5.31. The Kier molecular flexibility index (Phi) is 3.78. The zero-order chi connectivity index (χ0) is 10.5. The van der Waals surface area contributed by atoms with Crippen LogP contribution in [0.2, 0.25) is 0 Å². The summed E-state index contributed by atoms with van der Waals surface area (Å²) in [5.41, 5.74) is 6.91. The zero-order valence-corrected chi connectivity index (χ0v) is 9.36. The first-order chi connectivity index (χ1) is 7.42. The van der Waals surface area contributed by atoms with E-state index in [2.05, 4.69) is 9.55 Å². The highest BCUT2D eigenvalue weighted by atomic mass is 15.1. The molecule has 84 valence electrons. The summed E-state index contributed by atoms with van der Waals surface area (Å²) in [4.78, 5) is 4.27. The molecule has 3 heteroatoms. The number of nitrogens with two attached hydrogens (primary N) is 1. The van der Waals surface area contributed by atoms with Gasteiger partial charge in [0.2, 0.25) is 0 Å². The number of nitrogens with zero attached hydrogens (tertiary/aromatic N) is 2. The zero-order valence-electron chi connectivity index (χ0n) is 9.36. The normalized spacial score (nSPS) is 18.2. The Morgan fingerprint density at radius 1 is 1.33 bits per heavy atom. The summed E-state index contributed by atoms with van der Waals surface area (Å²) >= 11 is 0. The van der Waals surface area contributed by atoms with Crippen molar-refractivity contribution in [3.63, 3.8) is 0 Å². The molecule has 2 rings (SSSR count). The van der Waals surface area contributed by atoms with Gasteiger partial charge in [-0.15, -0.1) is 0 Å². The largest absolute Gasteiger partial charge is 0.332 e. The predicted octanol–water partition coefficient (Wildman–Crippen LogP) is 2.28. The van der Waals surface area contributed by atoms with Crippen molar-refractivity contribution in [2.75, 3.05) is 6.54 Å². The van der Waals surface area contributed by atoms with Crippen molar-refractivity contribution in [2.45, 2.75) is 51.0 Å². The minimum atomic E-state index is 0.703. The third-order valence-electron chi connectivity index (χ3n) is 3.35. The van der Waals surface area contributed by atoms with Crippen LogP contribution in [0, 0.1) is 0 Å². The molecule has 1 aliphatic rings. The van der Waals surface area contributed by atoms with Gasteiger partial charge in [-0.05, 0) is 32.2 Å². The Labute approximate surface area is 91.7 Å². The van der Waals surface area contributed by atoms with Crippen LogP contribution in [-0.4, -0.2) is 16.1 Å². The Balaban J connectivity index is 2.02. The molecule has 0 radical (unpaired) electrons. The fraction of sp³-hybridized carbons (Fsp3) is 0.750. The molecule has 0 atom stereocenters. The summed E-state index contributed by atoms with van der Waals surface area (Å²) in [5, 5.41) is 0. The molecule has 1 aliphatic carbocycles. The first-order valence-electron chi connectivity index (χ1n) is 6.12. The molecule has 0 aromatic carbocycles. The van der Waals surface area contributed by atoms with Crippen LogP contribution in [0.25, 0.3) is 0 Å². The number of aromatic nitrogens is 2. The van der Waals surface area contributed by atoms with Gasteiger partial charge in [0.15, 0.2) is 0 Å². The Bertz CT molecular complexity index is 287. The third-order valence-corrected chi connectivity index (χ3v) is 3.35. The Hall–Kier alpha value is -0.830. The lowest BCUT2D eigenvalue weighted by atomic mass is 9.95. The molecule has 1 heterocycles. The SMILES string of the molecule is NCCCc1cncn1C1CCCCC1. The fourth-order valence-corrected chi connectivity index (χ4v) is 2.50. The van der Waals surface area contributed by atoms with Crippen molar-refractivity contribution in [3.8, 4) is 0 Å². The Morgan fingerprint density at radius 2 is 2.13 bits per heavy atom. The third kappa shape index (κ3) is 2.59. The fourth-order valence-electron chi connectivity index (χ4n) is 2.50. The number of rotatable bonds is 4. The summed E-state index contributed by atoms with van der Waals surface area (Å²) in [6.07, 6.45) is 13.0. The van der Waals surface area contributed by atoms with Gasteiger partial charge in [0.1, 0.15) is 0 Å². The van der Waals surface area contributed by atoms with Gasteiger partial charge in [-0.3, -0.25) is 0 Å². The van der Waals surface area contributed by atoms with E-state index in [1.165, 1.54) is 37.8 Å². The number of imidazole rings is 1. The lowest BCUT2D eigenvalue weighted by Gasteiger charge is -2.24. The van der Waals surface area contributed by atoms with E-state index >= 15 is 0 Å². The smallest absolute Gasteiger partial charge is 0.0950 e. The van der Waals surface area contributed by atoms with Crippen LogP contribution >= 0.6 is 0 Å². The van der Waals surface area contributed by atoms with Gasteiger partial charge in [0.25, 0.3) is 0 Å². The van der Waals surface area contributed by atoms with Crippen molar-refractivity contribution in [3.05, 3.63) is 18.2 Å². The summed E-state index contributed by atoms with van der Waals surface area (Å²) in [7, 11) is 0. The van der Waals surface area contributed by atoms with Crippen LogP contribution in [-0.2, 0) is 6.42 Å². The van der Waals surface area contributed by atoms with Crippen LogP contribution in [0.5, 0.6) is 0 Å². The predicted molar refractivity (Wildman–Crippen MR) is 61.7 cm³/mol. The van der Waals surface area contributed by atoms with E-state index in [0.717, 1.165) is 19.4 Å². The minimum absolute atomic E-state index is 0.703. The quantitative estimate of drug-likeness (QED) is 0.823. The van der Waals surface area contributed by atoms with E-state index in [4.69, 9.17) is 5.73 Å². The van der Waals surface area contributed by atoms with Crippen LogP contribution in [0.15, 0.2) is 12.5 Å². The van der Waals surface area contributed by atoms with Crippen molar-refractivity contribution in [2.24, 2.45) is 5.73 Å². The van der Waals surface area contributed by atoms with E-state index in [0.29, 0.717) is 6.04 Å². The molecule has 0 spiro atoms. The first kappa shape index (κ1) is 10.7. The van der Waals surface area contributed by atoms with E-state index < -0.39 is 0 Å². The number of hydrogen-bond acceptors (Lipinski definition) is 2. The van der Waals surface area contributed by atoms with E-state index in [-0.39, 0.29) is 0 Å². The molecule has 1 saturated carbocycles. The molecule has 15 heavy (non-hydrogen) atoms. The molecule has 0 unspecified atom stereocenters. The van der Waals surface area contributed by atoms with E-state index in [1.807, 2.05) is 12.5 Å². The first-order valence-corrected chi connectivity index (χ1v) is 6.12. The molecular formula is C12H21N3. The molecular weight excluding hydrogens is 186 g/mol. The van der Waals surface area contributed by atoms with Gasteiger partial charge in [-0.2, -0.15) is 0 Å². The monoisotopic (exact) mass is 207 g/mol. The van der Waals surface area contributed by atoms with Crippen molar-refractivity contribution in [1.29, 1.82) is 0 Å². The van der Waals surface area contributed by atoms with Crippen molar-refractivity contribution in [1.82, 2.24) is 9.55 Å². The van der Waals surface area contributed by atoms with Crippen molar-refractivity contribution < 1.29 is 0 Å². The van der Waals surface area contributed by atoms with Gasteiger partial charge in [0, 0.05) is 17.9 Å². The average Bonchev–Trinajstić information content (AvgIpc) is 2.75. The van der Waals surface area contributed by atoms with Crippen LogP contribution in [0.4, 0.5) is 0 Å². The van der Waals surface area contributed by atoms with E-state index in [9.17, 15) is 0 Å². The molecule has 1 aromatic heterocycles. The summed E-state index contributed by atoms with van der Waals surface area (Å²) in [5.74, 6) is 0. The second-order valence-electron chi connectivity index (χ2n) is 4.48. The maximum absolute atomic E-state index is 5.54.